The molecule has 0 saturated carbocycles. The molecule has 0 spiro atoms. The third-order valence-electron chi connectivity index (χ3n) is 9.28. The number of hydrogen-bond donors (Lipinski definition) is 2. The summed E-state index contributed by atoms with van der Waals surface area (Å²) >= 11 is 0. The van der Waals surface area contributed by atoms with E-state index in [0.717, 1.165) is 23.8 Å². The number of rotatable bonds is 15. The summed E-state index contributed by atoms with van der Waals surface area (Å²) in [5.74, 6) is -3.40. The summed E-state index contributed by atoms with van der Waals surface area (Å²) in [6.45, 7) is -0.339. The SMILES string of the molecule is COc1ccc(N(C)C(=O)[C@H](Cc2cc(F)cc(F)c2)NC(=O)CN2CCN(CC(=O)N[C@@H](Cc3ccccc3)C(=O)N(C)c3ccccc3)C(=O)C2)cc1. The molecule has 2 N–H and O–H groups in total. The summed E-state index contributed by atoms with van der Waals surface area (Å²) in [6.07, 6.45) is 0.0451. The smallest absolute Gasteiger partial charge is 0.249 e. The average molecular weight is 755 g/mol. The molecule has 0 radical (unpaired) electrons. The molecule has 0 unspecified atom stereocenters. The molecule has 5 amide bonds. The number of para-hydroxylation sites is 1. The number of anilines is 2. The molecule has 55 heavy (non-hydrogen) atoms. The summed E-state index contributed by atoms with van der Waals surface area (Å²) in [4.78, 5) is 72.9. The van der Waals surface area contributed by atoms with Gasteiger partial charge in [0.2, 0.25) is 29.5 Å². The summed E-state index contributed by atoms with van der Waals surface area (Å²) < 4.78 is 33.3. The monoisotopic (exact) mass is 754 g/mol. The Morgan fingerprint density at radius 2 is 1.20 bits per heavy atom. The van der Waals surface area contributed by atoms with Crippen LogP contribution in [0.4, 0.5) is 20.2 Å². The average Bonchev–Trinajstić information content (AvgIpc) is 3.17. The van der Waals surface area contributed by atoms with E-state index in [-0.39, 0.29) is 57.0 Å². The molecule has 12 nitrogen and oxygen atoms in total. The number of carbonyl (C=O) groups excluding carboxylic acids is 5. The van der Waals surface area contributed by atoms with Gasteiger partial charge in [-0.25, -0.2) is 8.78 Å². The van der Waals surface area contributed by atoms with Gasteiger partial charge in [0.25, 0.3) is 0 Å². The van der Waals surface area contributed by atoms with Gasteiger partial charge in [-0.05, 0) is 59.7 Å². The van der Waals surface area contributed by atoms with Crippen molar-refractivity contribution in [2.45, 2.75) is 24.9 Å². The third kappa shape index (κ3) is 11.2. The second-order valence-corrected chi connectivity index (χ2v) is 13.3. The summed E-state index contributed by atoms with van der Waals surface area (Å²) in [5.41, 5.74) is 2.18. The molecule has 14 heteroatoms. The highest BCUT2D eigenvalue weighted by Gasteiger charge is 2.31. The van der Waals surface area contributed by atoms with Gasteiger partial charge in [0.15, 0.2) is 0 Å². The van der Waals surface area contributed by atoms with Crippen LogP contribution in [-0.2, 0) is 36.8 Å². The van der Waals surface area contributed by atoms with Crippen molar-refractivity contribution in [1.29, 1.82) is 0 Å². The number of methoxy groups -OCH3 is 1. The van der Waals surface area contributed by atoms with Crippen molar-refractivity contribution in [3.63, 3.8) is 0 Å². The second-order valence-electron chi connectivity index (χ2n) is 13.3. The fourth-order valence-corrected chi connectivity index (χ4v) is 6.31. The van der Waals surface area contributed by atoms with Crippen LogP contribution in [0.2, 0.25) is 0 Å². The Kier molecular flexibility index (Phi) is 13.6. The first-order chi connectivity index (χ1) is 26.4. The van der Waals surface area contributed by atoms with Crippen LogP contribution in [0, 0.1) is 11.6 Å². The number of ether oxygens (including phenoxy) is 1. The lowest BCUT2D eigenvalue weighted by atomic mass is 10.0. The van der Waals surface area contributed by atoms with E-state index in [4.69, 9.17) is 4.74 Å². The van der Waals surface area contributed by atoms with Crippen LogP contribution in [0.5, 0.6) is 5.75 Å². The van der Waals surface area contributed by atoms with Gasteiger partial charge in [0.1, 0.15) is 29.5 Å². The molecule has 0 bridgehead atoms. The van der Waals surface area contributed by atoms with Gasteiger partial charge in [0, 0.05) is 57.5 Å². The second kappa shape index (κ2) is 18.7. The van der Waals surface area contributed by atoms with Gasteiger partial charge >= 0.3 is 0 Å². The minimum atomic E-state index is -1.20. The van der Waals surface area contributed by atoms with Crippen molar-refractivity contribution >= 4 is 40.9 Å². The van der Waals surface area contributed by atoms with Crippen molar-refractivity contribution in [2.75, 3.05) is 63.7 Å². The lowest BCUT2D eigenvalue weighted by Gasteiger charge is -2.34. The molecule has 4 aromatic rings. The Balaban J connectivity index is 1.19. The van der Waals surface area contributed by atoms with Gasteiger partial charge in [-0.1, -0.05) is 48.5 Å². The highest BCUT2D eigenvalue weighted by atomic mass is 19.1. The van der Waals surface area contributed by atoms with Crippen LogP contribution in [0.3, 0.4) is 0 Å². The van der Waals surface area contributed by atoms with Gasteiger partial charge in [-0.3, -0.25) is 28.9 Å². The molecule has 1 fully saturated rings. The molecule has 0 aliphatic carbocycles. The molecule has 1 aliphatic heterocycles. The fourth-order valence-electron chi connectivity index (χ4n) is 6.31. The molecule has 0 aromatic heterocycles. The lowest BCUT2D eigenvalue weighted by Crippen LogP contribution is -2.57. The quantitative estimate of drug-likeness (QED) is 0.191. The zero-order valence-corrected chi connectivity index (χ0v) is 30.9. The lowest BCUT2D eigenvalue weighted by molar-refractivity contribution is -0.141. The van der Waals surface area contributed by atoms with Crippen molar-refractivity contribution in [2.24, 2.45) is 0 Å². The first kappa shape index (κ1) is 40.0. The molecule has 1 aliphatic rings. The normalized spacial score (nSPS) is 14.1. The van der Waals surface area contributed by atoms with Gasteiger partial charge in [0.05, 0.1) is 26.7 Å². The van der Waals surface area contributed by atoms with E-state index in [2.05, 4.69) is 10.6 Å². The summed E-state index contributed by atoms with van der Waals surface area (Å²) in [5, 5.41) is 5.51. The Hall–Kier alpha value is -6.15. The number of halogens is 2. The molecule has 4 aromatic carbocycles. The number of carbonyl (C=O) groups is 5. The van der Waals surface area contributed by atoms with E-state index in [9.17, 15) is 32.8 Å². The van der Waals surface area contributed by atoms with Crippen LogP contribution in [0.15, 0.2) is 103 Å². The van der Waals surface area contributed by atoms with Crippen LogP contribution in [0.1, 0.15) is 11.1 Å². The molecule has 288 valence electrons. The largest absolute Gasteiger partial charge is 0.497 e. The number of amides is 5. The molecular weight excluding hydrogens is 710 g/mol. The minimum absolute atomic E-state index is 0.131. The Bertz CT molecular complexity index is 1950. The van der Waals surface area contributed by atoms with Crippen molar-refractivity contribution in [3.8, 4) is 5.75 Å². The van der Waals surface area contributed by atoms with E-state index in [0.29, 0.717) is 17.1 Å². The maximum atomic E-state index is 14.1. The van der Waals surface area contributed by atoms with Crippen LogP contribution < -0.4 is 25.2 Å². The fraction of sp³-hybridized carbons (Fsp3) is 0.293. The van der Waals surface area contributed by atoms with E-state index in [1.165, 1.54) is 28.9 Å². The number of piperazine rings is 1. The predicted molar refractivity (Wildman–Crippen MR) is 203 cm³/mol. The topological polar surface area (TPSA) is 132 Å². The number of likely N-dealkylation sites (N-methyl/N-ethyl adjacent to an activating group) is 2. The number of nitrogens with zero attached hydrogens (tertiary/aromatic N) is 4. The zero-order chi connectivity index (χ0) is 39.5. The highest BCUT2D eigenvalue weighted by Crippen LogP contribution is 2.20. The maximum Gasteiger partial charge on any atom is 0.249 e. The van der Waals surface area contributed by atoms with E-state index in [1.807, 2.05) is 48.5 Å². The first-order valence-corrected chi connectivity index (χ1v) is 17.7. The van der Waals surface area contributed by atoms with Crippen LogP contribution in [0.25, 0.3) is 0 Å². The maximum absolute atomic E-state index is 14.1. The first-order valence-electron chi connectivity index (χ1n) is 17.7. The zero-order valence-electron chi connectivity index (χ0n) is 30.9. The van der Waals surface area contributed by atoms with Gasteiger partial charge in [-0.2, -0.15) is 0 Å². The van der Waals surface area contributed by atoms with E-state index < -0.39 is 47.3 Å². The van der Waals surface area contributed by atoms with Gasteiger partial charge < -0.3 is 30.1 Å². The highest BCUT2D eigenvalue weighted by molar-refractivity contribution is 6.00. The van der Waals surface area contributed by atoms with Crippen molar-refractivity contribution < 1.29 is 37.5 Å². The number of hydrogen-bond acceptors (Lipinski definition) is 7. The third-order valence-corrected chi connectivity index (χ3v) is 9.28. The number of benzene rings is 4. The Morgan fingerprint density at radius 3 is 1.75 bits per heavy atom. The standard InChI is InChI=1S/C41H44F2N6O6/c1-46(32-12-8-5-9-13-32)40(53)35(22-28-10-6-4-7-11-28)45-38(51)26-49-19-18-48(27-39(49)52)25-37(50)44-36(23-29-20-30(42)24-31(43)21-29)41(54)47(2)33-14-16-34(55-3)17-15-33/h4-17,20-21,24,35-36H,18-19,22-23,25-27H2,1-3H3,(H,44,50)(H,45,51)/t35-,36-/m0/s1. The minimum Gasteiger partial charge on any atom is -0.497 e. The van der Waals surface area contributed by atoms with Crippen LogP contribution >= 0.6 is 0 Å². The van der Waals surface area contributed by atoms with Gasteiger partial charge in [-0.15, -0.1) is 0 Å². The number of nitrogens with one attached hydrogen (secondary N) is 2. The van der Waals surface area contributed by atoms with Crippen LogP contribution in [-0.4, -0.2) is 105 Å². The molecule has 2 atom stereocenters. The Labute approximate surface area is 318 Å². The predicted octanol–water partition coefficient (Wildman–Crippen LogP) is 3.20. The molecule has 5 rings (SSSR count). The van der Waals surface area contributed by atoms with Crippen molar-refractivity contribution in [3.05, 3.63) is 126 Å². The molecule has 1 heterocycles. The molecular formula is C41H44F2N6O6. The summed E-state index contributed by atoms with van der Waals surface area (Å²) in [7, 11) is 4.67. The van der Waals surface area contributed by atoms with Crippen molar-refractivity contribution in [1.82, 2.24) is 20.4 Å². The van der Waals surface area contributed by atoms with E-state index in [1.54, 1.807) is 48.3 Å². The Morgan fingerprint density at radius 1 is 0.691 bits per heavy atom. The summed E-state index contributed by atoms with van der Waals surface area (Å²) in [6, 6.07) is 25.8. The molecule has 1 saturated heterocycles. The van der Waals surface area contributed by atoms with E-state index >= 15 is 0 Å².